The Morgan fingerprint density at radius 3 is 2.75 bits per heavy atom. The quantitative estimate of drug-likeness (QED) is 0.664. The average molecular weight is 385 g/mol. The Kier molecular flexibility index (Phi) is 6.81. The Morgan fingerprint density at radius 1 is 1.29 bits per heavy atom. The highest BCUT2D eigenvalue weighted by Crippen LogP contribution is 2.35. The van der Waals surface area contributed by atoms with Crippen LogP contribution in [-0.4, -0.2) is 32.0 Å². The van der Waals surface area contributed by atoms with Crippen LogP contribution in [0.3, 0.4) is 0 Å². The van der Waals surface area contributed by atoms with Gasteiger partial charge in [-0.1, -0.05) is 33.8 Å². The molecule has 0 radical (unpaired) electrons. The highest BCUT2D eigenvalue weighted by molar-refractivity contribution is 5.77. The molecule has 0 saturated carbocycles. The molecule has 6 nitrogen and oxygen atoms in total. The number of pyridine rings is 1. The highest BCUT2D eigenvalue weighted by atomic mass is 16.4. The predicted molar refractivity (Wildman–Crippen MR) is 108 cm³/mol. The van der Waals surface area contributed by atoms with E-state index in [0.717, 1.165) is 37.8 Å². The van der Waals surface area contributed by atoms with Crippen molar-refractivity contribution in [1.29, 1.82) is 0 Å². The van der Waals surface area contributed by atoms with E-state index in [2.05, 4.69) is 40.0 Å². The summed E-state index contributed by atoms with van der Waals surface area (Å²) in [6, 6.07) is 4.43. The summed E-state index contributed by atoms with van der Waals surface area (Å²) < 4.78 is 5.68. The molecule has 2 aromatic rings. The number of fused-ring (bicyclic) bond motifs is 1. The van der Waals surface area contributed by atoms with Crippen molar-refractivity contribution in [1.82, 2.24) is 20.1 Å². The van der Waals surface area contributed by atoms with Crippen LogP contribution in [0.5, 0.6) is 0 Å². The number of amides is 1. The van der Waals surface area contributed by atoms with Crippen molar-refractivity contribution in [3.63, 3.8) is 0 Å². The first-order chi connectivity index (χ1) is 13.5. The largest absolute Gasteiger partial charge is 0.425 e. The first-order valence-corrected chi connectivity index (χ1v) is 10.6. The summed E-state index contributed by atoms with van der Waals surface area (Å²) in [6.07, 6.45) is 7.71. The van der Waals surface area contributed by atoms with Crippen LogP contribution in [0.25, 0.3) is 0 Å². The van der Waals surface area contributed by atoms with Gasteiger partial charge in [0, 0.05) is 31.0 Å². The Morgan fingerprint density at radius 2 is 2.07 bits per heavy atom. The third-order valence-electron chi connectivity index (χ3n) is 5.65. The van der Waals surface area contributed by atoms with Crippen molar-refractivity contribution < 1.29 is 9.21 Å². The third-order valence-corrected chi connectivity index (χ3v) is 5.65. The number of rotatable bonds is 8. The molecule has 1 aliphatic carbocycles. The molecule has 0 spiro atoms. The van der Waals surface area contributed by atoms with Crippen LogP contribution >= 0.6 is 0 Å². The SMILES string of the molecule is CCC(CC)N(C(=O)CCc1nnc(C(C)C)o1)[C@H]1CCCc2cccnc21. The van der Waals surface area contributed by atoms with Gasteiger partial charge >= 0.3 is 0 Å². The van der Waals surface area contributed by atoms with E-state index in [1.165, 1.54) is 5.56 Å². The molecule has 28 heavy (non-hydrogen) atoms. The zero-order chi connectivity index (χ0) is 20.1. The van der Waals surface area contributed by atoms with E-state index in [1.807, 2.05) is 26.1 Å². The number of aromatic nitrogens is 3. The number of nitrogens with zero attached hydrogens (tertiary/aromatic N) is 4. The Bertz CT molecular complexity index is 782. The zero-order valence-corrected chi connectivity index (χ0v) is 17.5. The summed E-state index contributed by atoms with van der Waals surface area (Å²) in [7, 11) is 0. The van der Waals surface area contributed by atoms with Gasteiger partial charge in [-0.05, 0) is 43.7 Å². The summed E-state index contributed by atoms with van der Waals surface area (Å²) in [6.45, 7) is 8.35. The third kappa shape index (κ3) is 4.42. The molecule has 3 rings (SSSR count). The number of hydrogen-bond donors (Lipinski definition) is 0. The molecular weight excluding hydrogens is 352 g/mol. The fourth-order valence-electron chi connectivity index (χ4n) is 4.11. The predicted octanol–water partition coefficient (Wildman–Crippen LogP) is 4.62. The smallest absolute Gasteiger partial charge is 0.223 e. The molecule has 0 unspecified atom stereocenters. The van der Waals surface area contributed by atoms with Crippen molar-refractivity contribution >= 4 is 5.91 Å². The molecule has 1 aliphatic rings. The van der Waals surface area contributed by atoms with Gasteiger partial charge in [0.05, 0.1) is 11.7 Å². The minimum atomic E-state index is 0.0660. The standard InChI is InChI=1S/C22H32N4O2/c1-5-17(6-2)26(18-11-7-9-16-10-8-14-23-21(16)18)20(27)13-12-19-24-25-22(28-19)15(3)4/h8,10,14-15,17-18H,5-7,9,11-13H2,1-4H3/t18-/m0/s1. The summed E-state index contributed by atoms with van der Waals surface area (Å²) >= 11 is 0. The Labute approximate surface area is 167 Å². The lowest BCUT2D eigenvalue weighted by Gasteiger charge is -2.40. The molecule has 2 aromatic heterocycles. The summed E-state index contributed by atoms with van der Waals surface area (Å²) in [5, 5.41) is 8.18. The van der Waals surface area contributed by atoms with E-state index in [4.69, 9.17) is 4.42 Å². The van der Waals surface area contributed by atoms with E-state index in [-0.39, 0.29) is 23.9 Å². The van der Waals surface area contributed by atoms with Crippen LogP contribution in [0.2, 0.25) is 0 Å². The van der Waals surface area contributed by atoms with Gasteiger partial charge in [0.25, 0.3) is 0 Å². The summed E-state index contributed by atoms with van der Waals surface area (Å²) in [5.41, 5.74) is 2.36. The fraction of sp³-hybridized carbons (Fsp3) is 0.636. The summed E-state index contributed by atoms with van der Waals surface area (Å²) in [5.74, 6) is 1.53. The zero-order valence-electron chi connectivity index (χ0n) is 17.5. The first kappa shape index (κ1) is 20.5. The van der Waals surface area contributed by atoms with Crippen LogP contribution < -0.4 is 0 Å². The maximum absolute atomic E-state index is 13.3. The van der Waals surface area contributed by atoms with Crippen LogP contribution in [0, 0.1) is 0 Å². The Hall–Kier alpha value is -2.24. The van der Waals surface area contributed by atoms with Gasteiger partial charge in [0.2, 0.25) is 17.7 Å². The van der Waals surface area contributed by atoms with Crippen molar-refractivity contribution in [3.05, 3.63) is 41.4 Å². The molecule has 2 heterocycles. The number of aryl methyl sites for hydroxylation is 2. The fourth-order valence-corrected chi connectivity index (χ4v) is 4.11. The molecule has 0 aromatic carbocycles. The van der Waals surface area contributed by atoms with Crippen molar-refractivity contribution in [2.24, 2.45) is 0 Å². The second-order valence-corrected chi connectivity index (χ2v) is 7.92. The van der Waals surface area contributed by atoms with Crippen LogP contribution in [0.1, 0.15) is 94.8 Å². The second-order valence-electron chi connectivity index (χ2n) is 7.92. The molecular formula is C22H32N4O2. The van der Waals surface area contributed by atoms with Crippen LogP contribution in [0.15, 0.2) is 22.7 Å². The first-order valence-electron chi connectivity index (χ1n) is 10.6. The summed E-state index contributed by atoms with van der Waals surface area (Å²) in [4.78, 5) is 20.1. The molecule has 1 amide bonds. The molecule has 0 N–H and O–H groups in total. The van der Waals surface area contributed by atoms with Gasteiger partial charge in [-0.15, -0.1) is 10.2 Å². The molecule has 0 aliphatic heterocycles. The van der Waals surface area contributed by atoms with E-state index in [0.29, 0.717) is 24.6 Å². The molecule has 0 bridgehead atoms. The molecule has 0 fully saturated rings. The lowest BCUT2D eigenvalue weighted by molar-refractivity contribution is -0.137. The maximum Gasteiger partial charge on any atom is 0.223 e. The van der Waals surface area contributed by atoms with Gasteiger partial charge in [0.15, 0.2) is 0 Å². The minimum Gasteiger partial charge on any atom is -0.425 e. The molecule has 1 atom stereocenters. The molecule has 0 saturated heterocycles. The second kappa shape index (κ2) is 9.30. The van der Waals surface area contributed by atoms with E-state index in [9.17, 15) is 4.79 Å². The van der Waals surface area contributed by atoms with Gasteiger partial charge < -0.3 is 9.32 Å². The lowest BCUT2D eigenvalue weighted by Crippen LogP contribution is -2.44. The Balaban J connectivity index is 1.79. The van der Waals surface area contributed by atoms with Gasteiger partial charge in [0.1, 0.15) is 0 Å². The maximum atomic E-state index is 13.3. The van der Waals surface area contributed by atoms with Crippen molar-refractivity contribution in [2.45, 2.75) is 90.6 Å². The van der Waals surface area contributed by atoms with Crippen LogP contribution in [-0.2, 0) is 17.6 Å². The number of carbonyl (C=O) groups is 1. The van der Waals surface area contributed by atoms with E-state index >= 15 is 0 Å². The highest BCUT2D eigenvalue weighted by Gasteiger charge is 2.33. The molecule has 152 valence electrons. The number of hydrogen-bond acceptors (Lipinski definition) is 5. The van der Waals surface area contributed by atoms with Crippen LogP contribution in [0.4, 0.5) is 0 Å². The van der Waals surface area contributed by atoms with Crippen molar-refractivity contribution in [2.75, 3.05) is 0 Å². The average Bonchev–Trinajstić information content (AvgIpc) is 3.19. The number of carbonyl (C=O) groups excluding carboxylic acids is 1. The van der Waals surface area contributed by atoms with Crippen molar-refractivity contribution in [3.8, 4) is 0 Å². The van der Waals surface area contributed by atoms with E-state index in [1.54, 1.807) is 0 Å². The topological polar surface area (TPSA) is 72.1 Å². The normalized spacial score (nSPS) is 16.4. The molecule has 6 heteroatoms. The monoisotopic (exact) mass is 384 g/mol. The lowest BCUT2D eigenvalue weighted by atomic mass is 9.89. The van der Waals surface area contributed by atoms with E-state index < -0.39 is 0 Å². The van der Waals surface area contributed by atoms with Gasteiger partial charge in [-0.25, -0.2) is 0 Å². The minimum absolute atomic E-state index is 0.0660. The van der Waals surface area contributed by atoms with Gasteiger partial charge in [-0.3, -0.25) is 9.78 Å². The van der Waals surface area contributed by atoms with Gasteiger partial charge in [-0.2, -0.15) is 0 Å².